The molecule has 7 nitrogen and oxygen atoms in total. The van der Waals surface area contributed by atoms with Crippen molar-refractivity contribution in [3.8, 4) is 5.75 Å². The molecule has 0 aliphatic heterocycles. The lowest BCUT2D eigenvalue weighted by Crippen LogP contribution is -2.46. The first-order valence-corrected chi connectivity index (χ1v) is 11.2. The van der Waals surface area contributed by atoms with Crippen LogP contribution in [0.5, 0.6) is 5.75 Å². The Balaban J connectivity index is 1.38. The van der Waals surface area contributed by atoms with Crippen molar-refractivity contribution in [3.05, 3.63) is 41.6 Å². The number of hydrogen-bond acceptors (Lipinski definition) is 7. The molecule has 4 rings (SSSR count). The highest BCUT2D eigenvalue weighted by atomic mass is 35.5. The van der Waals surface area contributed by atoms with Crippen LogP contribution in [0.4, 0.5) is 15.9 Å². The quantitative estimate of drug-likeness (QED) is 0.321. The van der Waals surface area contributed by atoms with Gasteiger partial charge in [-0.1, -0.05) is 6.07 Å². The third kappa shape index (κ3) is 4.41. The lowest BCUT2D eigenvalue weighted by Gasteiger charge is -2.35. The highest BCUT2D eigenvalue weighted by Gasteiger charge is 2.55. The Bertz CT molecular complexity index is 936. The van der Waals surface area contributed by atoms with E-state index in [4.69, 9.17) is 27.8 Å². The maximum Gasteiger partial charge on any atom is 0.224 e. The number of anilines is 2. The predicted molar refractivity (Wildman–Crippen MR) is 116 cm³/mol. The molecular formula is C20H23ClFN5O2S. The van der Waals surface area contributed by atoms with Gasteiger partial charge in [-0.05, 0) is 48.4 Å². The highest BCUT2D eigenvalue weighted by molar-refractivity contribution is 7.99. The van der Waals surface area contributed by atoms with Gasteiger partial charge in [0, 0.05) is 28.8 Å². The van der Waals surface area contributed by atoms with Crippen molar-refractivity contribution in [1.82, 2.24) is 9.97 Å². The molecule has 2 aliphatic carbocycles. The maximum absolute atomic E-state index is 14.1. The largest absolute Gasteiger partial charge is 0.493 e. The first-order valence-electron chi connectivity index (χ1n) is 9.76. The first kappa shape index (κ1) is 21.0. The number of primary amides is 1. The van der Waals surface area contributed by atoms with Gasteiger partial charge in [0.1, 0.15) is 5.75 Å². The number of nitrogens with one attached hydrogen (secondary N) is 1. The van der Waals surface area contributed by atoms with Gasteiger partial charge < -0.3 is 21.5 Å². The summed E-state index contributed by atoms with van der Waals surface area (Å²) in [7, 11) is 0. The fourth-order valence-corrected chi connectivity index (χ4v) is 6.19. The Morgan fingerprint density at radius 1 is 1.40 bits per heavy atom. The zero-order valence-corrected chi connectivity index (χ0v) is 17.7. The van der Waals surface area contributed by atoms with Crippen molar-refractivity contribution >= 4 is 40.8 Å². The van der Waals surface area contributed by atoms with Crippen LogP contribution in [-0.4, -0.2) is 39.5 Å². The molecule has 0 unspecified atom stereocenters. The second-order valence-electron chi connectivity index (χ2n) is 7.66. The van der Waals surface area contributed by atoms with Gasteiger partial charge in [-0.15, -0.1) is 0 Å². The van der Waals surface area contributed by atoms with Crippen molar-refractivity contribution in [1.29, 1.82) is 0 Å². The number of hydrogen-bond donors (Lipinski definition) is 3. The minimum atomic E-state index is -0.606. The number of halogens is 2. The van der Waals surface area contributed by atoms with E-state index in [9.17, 15) is 9.18 Å². The number of rotatable bonds is 8. The van der Waals surface area contributed by atoms with E-state index in [1.807, 2.05) is 18.2 Å². The van der Waals surface area contributed by atoms with Gasteiger partial charge in [0.05, 0.1) is 18.7 Å². The summed E-state index contributed by atoms with van der Waals surface area (Å²) in [6, 6.07) is 7.05. The Labute approximate surface area is 183 Å². The average Bonchev–Trinajstić information content (AvgIpc) is 3.26. The zero-order valence-electron chi connectivity index (χ0n) is 16.1. The van der Waals surface area contributed by atoms with Crippen LogP contribution < -0.4 is 21.5 Å². The number of carbonyl (C=O) groups excluding carboxylic acids is 1. The predicted octanol–water partition coefficient (Wildman–Crippen LogP) is 2.95. The SMILES string of the molecule is NC(=O)[C@H]1[C@H]2C[C@@H]([C@H]1Nc1nc(Cl)ncc1F)[C@H](SCCOc1cccc(N)c1)C2. The molecule has 5 N–H and O–H groups in total. The number of nitrogens with zero attached hydrogens (tertiary/aromatic N) is 2. The molecule has 0 spiro atoms. The van der Waals surface area contributed by atoms with Crippen LogP contribution in [0, 0.1) is 23.6 Å². The number of ether oxygens (including phenoxy) is 1. The molecule has 2 bridgehead atoms. The summed E-state index contributed by atoms with van der Waals surface area (Å²) >= 11 is 7.61. The van der Waals surface area contributed by atoms with E-state index >= 15 is 0 Å². The number of fused-ring (bicyclic) bond motifs is 2. The summed E-state index contributed by atoms with van der Waals surface area (Å²) in [5.74, 6) is 0.573. The van der Waals surface area contributed by atoms with Crippen LogP contribution >= 0.6 is 23.4 Å². The summed E-state index contributed by atoms with van der Waals surface area (Å²) in [5.41, 5.74) is 12.1. The molecule has 0 saturated heterocycles. The monoisotopic (exact) mass is 451 g/mol. The van der Waals surface area contributed by atoms with Crippen LogP contribution in [-0.2, 0) is 4.79 Å². The summed E-state index contributed by atoms with van der Waals surface area (Å²) < 4.78 is 19.9. The lowest BCUT2D eigenvalue weighted by atomic mass is 9.83. The van der Waals surface area contributed by atoms with Crippen LogP contribution in [0.2, 0.25) is 5.28 Å². The van der Waals surface area contributed by atoms with Gasteiger partial charge in [-0.3, -0.25) is 4.79 Å². The molecule has 1 aromatic heterocycles. The molecule has 5 atom stereocenters. The van der Waals surface area contributed by atoms with Crippen molar-refractivity contribution in [2.24, 2.45) is 23.5 Å². The summed E-state index contributed by atoms with van der Waals surface area (Å²) in [5, 5.41) is 3.37. The number of thioether (sulfide) groups is 1. The number of aromatic nitrogens is 2. The topological polar surface area (TPSA) is 116 Å². The molecule has 1 aromatic carbocycles. The van der Waals surface area contributed by atoms with Crippen molar-refractivity contribution in [3.63, 3.8) is 0 Å². The molecule has 2 aromatic rings. The van der Waals surface area contributed by atoms with E-state index in [0.717, 1.165) is 30.5 Å². The molecule has 10 heteroatoms. The fourth-order valence-electron chi connectivity index (χ4n) is 4.67. The zero-order chi connectivity index (χ0) is 21.3. The van der Waals surface area contributed by atoms with Crippen molar-refractivity contribution in [2.75, 3.05) is 23.4 Å². The Kier molecular flexibility index (Phi) is 6.19. The van der Waals surface area contributed by atoms with Gasteiger partial charge >= 0.3 is 0 Å². The number of benzene rings is 1. The van der Waals surface area contributed by atoms with E-state index in [-0.39, 0.29) is 40.8 Å². The second-order valence-corrected chi connectivity index (χ2v) is 9.34. The molecule has 30 heavy (non-hydrogen) atoms. The Hall–Kier alpha value is -2.26. The van der Waals surface area contributed by atoms with Gasteiger partial charge in [0.25, 0.3) is 0 Å². The van der Waals surface area contributed by atoms with Gasteiger partial charge in [-0.2, -0.15) is 16.7 Å². The van der Waals surface area contributed by atoms with Crippen molar-refractivity contribution in [2.45, 2.75) is 24.1 Å². The molecule has 2 fully saturated rings. The number of nitrogens with two attached hydrogens (primary N) is 2. The van der Waals surface area contributed by atoms with E-state index in [1.54, 1.807) is 17.8 Å². The van der Waals surface area contributed by atoms with E-state index in [0.29, 0.717) is 17.5 Å². The molecule has 0 radical (unpaired) electrons. The minimum absolute atomic E-state index is 0.00699. The first-order chi connectivity index (χ1) is 14.4. The second kappa shape index (κ2) is 8.85. The normalized spacial score (nSPS) is 27.2. The summed E-state index contributed by atoms with van der Waals surface area (Å²) in [4.78, 5) is 19.7. The van der Waals surface area contributed by atoms with Gasteiger partial charge in [-0.25, -0.2) is 9.37 Å². The molecule has 160 valence electrons. The number of nitrogen functional groups attached to an aromatic ring is 1. The molecule has 1 heterocycles. The van der Waals surface area contributed by atoms with E-state index in [2.05, 4.69) is 15.3 Å². The third-order valence-electron chi connectivity index (χ3n) is 5.83. The molecule has 2 saturated carbocycles. The average molecular weight is 452 g/mol. The third-order valence-corrected chi connectivity index (χ3v) is 7.39. The minimum Gasteiger partial charge on any atom is -0.493 e. The van der Waals surface area contributed by atoms with Crippen LogP contribution in [0.25, 0.3) is 0 Å². The lowest BCUT2D eigenvalue weighted by molar-refractivity contribution is -0.123. The molecule has 2 aliphatic rings. The van der Waals surface area contributed by atoms with Crippen LogP contribution in [0.1, 0.15) is 12.8 Å². The van der Waals surface area contributed by atoms with E-state index in [1.165, 1.54) is 0 Å². The smallest absolute Gasteiger partial charge is 0.224 e. The standard InChI is InChI=1S/C20H23ClFN5O2S/c21-20-25-9-14(22)19(27-20)26-17-13-6-10(16(17)18(24)28)7-15(13)30-5-4-29-12-3-1-2-11(23)8-12/h1-3,8-10,13,15-17H,4-7,23H2,(H2,24,28)(H,25,26,27)/t10-,13+,15+,16-,17+/m0/s1. The van der Waals surface area contributed by atoms with Gasteiger partial charge in [0.15, 0.2) is 11.6 Å². The molecule has 1 amide bonds. The van der Waals surface area contributed by atoms with Crippen LogP contribution in [0.3, 0.4) is 0 Å². The van der Waals surface area contributed by atoms with Gasteiger partial charge in [0.2, 0.25) is 11.2 Å². The Morgan fingerprint density at radius 3 is 3.00 bits per heavy atom. The van der Waals surface area contributed by atoms with Crippen molar-refractivity contribution < 1.29 is 13.9 Å². The van der Waals surface area contributed by atoms with Crippen LogP contribution in [0.15, 0.2) is 30.5 Å². The highest BCUT2D eigenvalue weighted by Crippen LogP contribution is 2.53. The number of amides is 1. The molecular weight excluding hydrogens is 429 g/mol. The maximum atomic E-state index is 14.1. The van der Waals surface area contributed by atoms with E-state index < -0.39 is 5.82 Å². The fraction of sp³-hybridized carbons (Fsp3) is 0.450. The summed E-state index contributed by atoms with van der Waals surface area (Å²) in [6.07, 6.45) is 2.80. The number of carbonyl (C=O) groups is 1. The Morgan fingerprint density at radius 2 is 2.23 bits per heavy atom. The summed E-state index contributed by atoms with van der Waals surface area (Å²) in [6.45, 7) is 0.551.